The third kappa shape index (κ3) is 3.87. The van der Waals surface area contributed by atoms with Gasteiger partial charge in [-0.1, -0.05) is 37.1 Å². The highest BCUT2D eigenvalue weighted by atomic mass is 35.5. The molecule has 5 heteroatoms. The maximum atomic E-state index is 5.90. The van der Waals surface area contributed by atoms with E-state index in [1.165, 1.54) is 11.1 Å². The summed E-state index contributed by atoms with van der Waals surface area (Å²) < 4.78 is 0. The van der Waals surface area contributed by atoms with Gasteiger partial charge in [-0.2, -0.15) is 0 Å². The molecule has 1 N–H and O–H groups in total. The molecule has 0 saturated heterocycles. The van der Waals surface area contributed by atoms with Crippen LogP contribution in [0.5, 0.6) is 0 Å². The number of anilines is 1. The van der Waals surface area contributed by atoms with Gasteiger partial charge < -0.3 is 5.32 Å². The quantitative estimate of drug-likeness (QED) is 0.633. The fraction of sp³-hybridized carbons (Fsp3) is 0.333. The van der Waals surface area contributed by atoms with Gasteiger partial charge in [-0.05, 0) is 24.1 Å². The van der Waals surface area contributed by atoms with Gasteiger partial charge in [0.05, 0.1) is 0 Å². The van der Waals surface area contributed by atoms with Gasteiger partial charge in [-0.25, -0.2) is 9.97 Å². The number of benzene rings is 1. The molecule has 0 bridgehead atoms. The van der Waals surface area contributed by atoms with Crippen LogP contribution in [0.1, 0.15) is 24.5 Å². The second kappa shape index (κ2) is 7.50. The molecule has 1 heterocycles. The summed E-state index contributed by atoms with van der Waals surface area (Å²) in [5.41, 5.74) is 2.45. The van der Waals surface area contributed by atoms with Gasteiger partial charge in [0.2, 0.25) is 0 Å². The van der Waals surface area contributed by atoms with Gasteiger partial charge in [0.1, 0.15) is 17.2 Å². The summed E-state index contributed by atoms with van der Waals surface area (Å²) in [5.74, 6) is 1.81. The molecule has 0 aliphatic rings. The summed E-state index contributed by atoms with van der Waals surface area (Å²) in [4.78, 5) is 8.71. The van der Waals surface area contributed by atoms with E-state index in [0.29, 0.717) is 0 Å². The highest BCUT2D eigenvalue weighted by Crippen LogP contribution is 2.28. The molecular weight excluding hydrogens is 290 g/mol. The lowest BCUT2D eigenvalue weighted by molar-refractivity contribution is 0.858. The Balaban J connectivity index is 2.14. The minimum Gasteiger partial charge on any atom is -0.373 e. The lowest BCUT2D eigenvalue weighted by Crippen LogP contribution is -2.02. The number of rotatable bonds is 6. The van der Waals surface area contributed by atoms with Crippen LogP contribution < -0.4 is 5.32 Å². The molecular formula is C15H18ClN3S. The van der Waals surface area contributed by atoms with E-state index in [1.807, 2.05) is 19.2 Å². The van der Waals surface area contributed by atoms with Crippen molar-refractivity contribution in [1.82, 2.24) is 9.97 Å². The zero-order valence-electron chi connectivity index (χ0n) is 11.7. The highest BCUT2D eigenvalue weighted by molar-refractivity contribution is 7.98. The molecule has 20 heavy (non-hydrogen) atoms. The summed E-state index contributed by atoms with van der Waals surface area (Å²) in [6, 6.07) is 7.94. The Kier molecular flexibility index (Phi) is 5.68. The zero-order chi connectivity index (χ0) is 14.4. The molecule has 0 aliphatic carbocycles. The number of hydrogen-bond donors (Lipinski definition) is 1. The van der Waals surface area contributed by atoms with Gasteiger partial charge in [0, 0.05) is 23.4 Å². The lowest BCUT2D eigenvalue weighted by Gasteiger charge is -2.11. The van der Waals surface area contributed by atoms with Crippen LogP contribution in [-0.4, -0.2) is 17.0 Å². The molecule has 106 valence electrons. The standard InChI is InChI=1S/C15H18ClN3S/c1-3-4-13-14(17-2)18-10-19-15(13)20-9-11-5-7-12(16)8-6-11/h5-8,10H,3-4,9H2,1-2H3,(H,17,18,19). The fourth-order valence-corrected chi connectivity index (χ4v) is 3.06. The van der Waals surface area contributed by atoms with Crippen molar-refractivity contribution in [2.24, 2.45) is 0 Å². The molecule has 0 radical (unpaired) electrons. The van der Waals surface area contributed by atoms with Crippen molar-refractivity contribution in [3.8, 4) is 0 Å². The van der Waals surface area contributed by atoms with Gasteiger partial charge in [-0.3, -0.25) is 0 Å². The van der Waals surface area contributed by atoms with Crippen LogP contribution >= 0.6 is 23.4 Å². The Bertz CT molecular complexity index is 558. The van der Waals surface area contributed by atoms with E-state index in [-0.39, 0.29) is 0 Å². The Labute approximate surface area is 129 Å². The number of halogens is 1. The molecule has 0 atom stereocenters. The SMILES string of the molecule is CCCc1c(NC)ncnc1SCc1ccc(Cl)cc1. The van der Waals surface area contributed by atoms with E-state index in [2.05, 4.69) is 34.3 Å². The molecule has 2 rings (SSSR count). The minimum atomic E-state index is 0.768. The van der Waals surface area contributed by atoms with Gasteiger partial charge in [0.15, 0.2) is 0 Å². The summed E-state index contributed by atoms with van der Waals surface area (Å²) >= 11 is 7.64. The molecule has 1 aromatic carbocycles. The first kappa shape index (κ1) is 15.1. The summed E-state index contributed by atoms with van der Waals surface area (Å²) in [5, 5.41) is 4.97. The largest absolute Gasteiger partial charge is 0.373 e. The van der Waals surface area contributed by atoms with Gasteiger partial charge in [0.25, 0.3) is 0 Å². The van der Waals surface area contributed by atoms with E-state index in [9.17, 15) is 0 Å². The van der Waals surface area contributed by atoms with Crippen LogP contribution in [-0.2, 0) is 12.2 Å². The van der Waals surface area contributed by atoms with E-state index in [4.69, 9.17) is 11.6 Å². The smallest absolute Gasteiger partial charge is 0.133 e. The molecule has 0 spiro atoms. The van der Waals surface area contributed by atoms with E-state index < -0.39 is 0 Å². The Morgan fingerprint density at radius 2 is 1.95 bits per heavy atom. The van der Waals surface area contributed by atoms with Crippen molar-refractivity contribution in [3.05, 3.63) is 46.7 Å². The topological polar surface area (TPSA) is 37.8 Å². The molecule has 1 aromatic heterocycles. The number of aromatic nitrogens is 2. The number of nitrogens with zero attached hydrogens (tertiary/aromatic N) is 2. The number of hydrogen-bond acceptors (Lipinski definition) is 4. The molecule has 0 saturated carbocycles. The third-order valence-corrected chi connectivity index (χ3v) is 4.29. The van der Waals surface area contributed by atoms with Gasteiger partial charge in [-0.15, -0.1) is 11.8 Å². The Hall–Kier alpha value is -1.26. The number of thioether (sulfide) groups is 1. The summed E-state index contributed by atoms with van der Waals surface area (Å²) in [6.07, 6.45) is 3.69. The average molecular weight is 308 g/mol. The van der Waals surface area contributed by atoms with Crippen LogP contribution in [0.3, 0.4) is 0 Å². The molecule has 3 nitrogen and oxygen atoms in total. The van der Waals surface area contributed by atoms with Gasteiger partial charge >= 0.3 is 0 Å². The van der Waals surface area contributed by atoms with E-state index in [0.717, 1.165) is 34.5 Å². The Morgan fingerprint density at radius 1 is 1.20 bits per heavy atom. The maximum Gasteiger partial charge on any atom is 0.133 e. The zero-order valence-corrected chi connectivity index (χ0v) is 13.3. The monoisotopic (exact) mass is 307 g/mol. The predicted octanol–water partition coefficient (Wildman–Crippen LogP) is 4.42. The van der Waals surface area contributed by atoms with Crippen molar-refractivity contribution in [2.45, 2.75) is 30.5 Å². The van der Waals surface area contributed by atoms with Crippen LogP contribution in [0.2, 0.25) is 5.02 Å². The molecule has 0 unspecified atom stereocenters. The van der Waals surface area contributed by atoms with E-state index >= 15 is 0 Å². The Morgan fingerprint density at radius 3 is 2.60 bits per heavy atom. The molecule has 2 aromatic rings. The summed E-state index contributed by atoms with van der Waals surface area (Å²) in [6.45, 7) is 2.17. The van der Waals surface area contributed by atoms with Crippen molar-refractivity contribution in [3.63, 3.8) is 0 Å². The van der Waals surface area contributed by atoms with Crippen molar-refractivity contribution < 1.29 is 0 Å². The first-order chi connectivity index (χ1) is 9.74. The summed E-state index contributed by atoms with van der Waals surface area (Å²) in [7, 11) is 1.90. The molecule has 0 amide bonds. The second-order valence-electron chi connectivity index (χ2n) is 4.42. The number of nitrogens with one attached hydrogen (secondary N) is 1. The first-order valence-corrected chi connectivity index (χ1v) is 7.99. The van der Waals surface area contributed by atoms with Crippen molar-refractivity contribution >= 4 is 29.2 Å². The lowest BCUT2D eigenvalue weighted by atomic mass is 10.2. The third-order valence-electron chi connectivity index (χ3n) is 2.93. The average Bonchev–Trinajstić information content (AvgIpc) is 2.48. The predicted molar refractivity (Wildman–Crippen MR) is 86.6 cm³/mol. The normalized spacial score (nSPS) is 10.6. The maximum absolute atomic E-state index is 5.90. The van der Waals surface area contributed by atoms with Crippen LogP contribution in [0.25, 0.3) is 0 Å². The molecule has 0 fully saturated rings. The molecule has 0 aliphatic heterocycles. The first-order valence-electron chi connectivity index (χ1n) is 6.63. The highest BCUT2D eigenvalue weighted by Gasteiger charge is 2.10. The van der Waals surface area contributed by atoms with Crippen LogP contribution in [0.15, 0.2) is 35.6 Å². The van der Waals surface area contributed by atoms with Crippen molar-refractivity contribution in [2.75, 3.05) is 12.4 Å². The minimum absolute atomic E-state index is 0.768. The van der Waals surface area contributed by atoms with E-state index in [1.54, 1.807) is 18.1 Å². The van der Waals surface area contributed by atoms with Crippen LogP contribution in [0, 0.1) is 0 Å². The fourth-order valence-electron chi connectivity index (χ4n) is 1.94. The van der Waals surface area contributed by atoms with Crippen LogP contribution in [0.4, 0.5) is 5.82 Å². The van der Waals surface area contributed by atoms with Crippen molar-refractivity contribution in [1.29, 1.82) is 0 Å². The second-order valence-corrected chi connectivity index (χ2v) is 5.82.